The van der Waals surface area contributed by atoms with Crippen molar-refractivity contribution >= 4 is 5.91 Å². The van der Waals surface area contributed by atoms with E-state index < -0.39 is 0 Å². The number of hydrogen-bond donors (Lipinski definition) is 1. The lowest BCUT2D eigenvalue weighted by atomic mass is 10.1. The minimum Gasteiger partial charge on any atom is -0.437 e. The number of aryl methyl sites for hydroxylation is 1. The van der Waals surface area contributed by atoms with Crippen LogP contribution in [0.4, 0.5) is 0 Å². The second kappa shape index (κ2) is 11.3. The molecule has 2 aromatic carbocycles. The third-order valence-corrected chi connectivity index (χ3v) is 5.17. The molecule has 1 amide bonds. The number of oxazole rings is 1. The standard InChI is InChI=1S/C25H31N3O2/c1-3-28(19-21-13-7-4-8-14-21)18-12-6-11-17-26-24(29)25-27-23(20(2)30-25)22-15-9-5-10-16-22/h4-5,7-10,13-16H,3,6,11-12,17-19H2,1-2H3,(H,26,29). The van der Waals surface area contributed by atoms with Gasteiger partial charge >= 0.3 is 5.91 Å². The average Bonchev–Trinajstić information content (AvgIpc) is 3.18. The molecular weight excluding hydrogens is 374 g/mol. The van der Waals surface area contributed by atoms with Gasteiger partial charge in [0.05, 0.1) is 0 Å². The minimum atomic E-state index is -0.250. The Morgan fingerprint density at radius 2 is 1.70 bits per heavy atom. The van der Waals surface area contributed by atoms with Gasteiger partial charge in [0.25, 0.3) is 5.89 Å². The van der Waals surface area contributed by atoms with Crippen molar-refractivity contribution in [1.82, 2.24) is 15.2 Å². The third-order valence-electron chi connectivity index (χ3n) is 5.17. The summed E-state index contributed by atoms with van der Waals surface area (Å²) in [6, 6.07) is 20.3. The van der Waals surface area contributed by atoms with Gasteiger partial charge in [0.15, 0.2) is 0 Å². The summed E-state index contributed by atoms with van der Waals surface area (Å²) in [6.07, 6.45) is 3.14. The van der Waals surface area contributed by atoms with Crippen molar-refractivity contribution in [3.05, 3.63) is 77.9 Å². The van der Waals surface area contributed by atoms with E-state index >= 15 is 0 Å². The van der Waals surface area contributed by atoms with Gasteiger partial charge in [-0.3, -0.25) is 9.69 Å². The molecule has 0 unspecified atom stereocenters. The number of benzene rings is 2. The number of nitrogens with one attached hydrogen (secondary N) is 1. The monoisotopic (exact) mass is 405 g/mol. The highest BCUT2D eigenvalue weighted by molar-refractivity contribution is 5.90. The van der Waals surface area contributed by atoms with Crippen LogP contribution in [-0.4, -0.2) is 35.4 Å². The lowest BCUT2D eigenvalue weighted by molar-refractivity contribution is 0.0917. The molecule has 0 atom stereocenters. The largest absolute Gasteiger partial charge is 0.437 e. The molecule has 0 saturated heterocycles. The van der Waals surface area contributed by atoms with Gasteiger partial charge in [0.2, 0.25) is 0 Å². The summed E-state index contributed by atoms with van der Waals surface area (Å²) >= 11 is 0. The highest BCUT2D eigenvalue weighted by Crippen LogP contribution is 2.22. The Morgan fingerprint density at radius 3 is 2.40 bits per heavy atom. The number of amides is 1. The molecule has 0 aliphatic carbocycles. The Labute approximate surface area is 179 Å². The van der Waals surface area contributed by atoms with Crippen LogP contribution in [0.1, 0.15) is 48.2 Å². The maximum Gasteiger partial charge on any atom is 0.307 e. The Kier molecular flexibility index (Phi) is 8.21. The first kappa shape index (κ1) is 21.8. The normalized spacial score (nSPS) is 11.0. The predicted molar refractivity (Wildman–Crippen MR) is 120 cm³/mol. The van der Waals surface area contributed by atoms with E-state index in [0.717, 1.165) is 50.2 Å². The van der Waals surface area contributed by atoms with E-state index in [9.17, 15) is 4.79 Å². The second-order valence-electron chi connectivity index (χ2n) is 7.46. The van der Waals surface area contributed by atoms with Gasteiger partial charge in [0.1, 0.15) is 11.5 Å². The van der Waals surface area contributed by atoms with Crippen molar-refractivity contribution < 1.29 is 9.21 Å². The zero-order valence-electron chi connectivity index (χ0n) is 17.9. The van der Waals surface area contributed by atoms with Gasteiger partial charge in [-0.1, -0.05) is 74.0 Å². The van der Waals surface area contributed by atoms with E-state index in [-0.39, 0.29) is 11.8 Å². The van der Waals surface area contributed by atoms with Crippen molar-refractivity contribution in [1.29, 1.82) is 0 Å². The first-order valence-corrected chi connectivity index (χ1v) is 10.7. The van der Waals surface area contributed by atoms with Crippen molar-refractivity contribution in [2.75, 3.05) is 19.6 Å². The number of carbonyl (C=O) groups excluding carboxylic acids is 1. The van der Waals surface area contributed by atoms with Crippen LogP contribution in [0.25, 0.3) is 11.3 Å². The van der Waals surface area contributed by atoms with Gasteiger partial charge in [0, 0.05) is 18.7 Å². The van der Waals surface area contributed by atoms with Crippen LogP contribution < -0.4 is 5.32 Å². The zero-order valence-corrected chi connectivity index (χ0v) is 17.9. The van der Waals surface area contributed by atoms with E-state index in [4.69, 9.17) is 4.42 Å². The zero-order chi connectivity index (χ0) is 21.2. The maximum absolute atomic E-state index is 12.4. The van der Waals surface area contributed by atoms with Crippen LogP contribution in [0, 0.1) is 6.92 Å². The molecule has 0 radical (unpaired) electrons. The molecular formula is C25H31N3O2. The highest BCUT2D eigenvalue weighted by atomic mass is 16.4. The van der Waals surface area contributed by atoms with Crippen LogP contribution in [0.3, 0.4) is 0 Å². The fraction of sp³-hybridized carbons (Fsp3) is 0.360. The quantitative estimate of drug-likeness (QED) is 0.452. The van der Waals surface area contributed by atoms with E-state index in [1.54, 1.807) is 0 Å². The third kappa shape index (κ3) is 6.29. The van der Waals surface area contributed by atoms with Crippen molar-refractivity contribution in [2.45, 2.75) is 39.7 Å². The number of unbranched alkanes of at least 4 members (excludes halogenated alkanes) is 2. The molecule has 0 bridgehead atoms. The fourth-order valence-corrected chi connectivity index (χ4v) is 3.46. The lowest BCUT2D eigenvalue weighted by Gasteiger charge is -2.20. The molecule has 0 aliphatic heterocycles. The topological polar surface area (TPSA) is 58.4 Å². The Bertz CT molecular complexity index is 907. The Morgan fingerprint density at radius 1 is 1.00 bits per heavy atom. The summed E-state index contributed by atoms with van der Waals surface area (Å²) in [6.45, 7) is 7.76. The molecule has 1 aromatic heterocycles. The first-order valence-electron chi connectivity index (χ1n) is 10.7. The van der Waals surface area contributed by atoms with Crippen LogP contribution in [0.15, 0.2) is 65.1 Å². The molecule has 1 N–H and O–H groups in total. The summed E-state index contributed by atoms with van der Waals surface area (Å²) < 4.78 is 5.58. The molecule has 5 nitrogen and oxygen atoms in total. The second-order valence-corrected chi connectivity index (χ2v) is 7.46. The Balaban J connectivity index is 1.37. The maximum atomic E-state index is 12.4. The number of rotatable bonds is 11. The van der Waals surface area contributed by atoms with Gasteiger partial charge in [-0.05, 0) is 38.4 Å². The van der Waals surface area contributed by atoms with E-state index in [1.807, 2.05) is 37.3 Å². The van der Waals surface area contributed by atoms with Gasteiger partial charge < -0.3 is 9.73 Å². The number of nitrogens with zero attached hydrogens (tertiary/aromatic N) is 2. The van der Waals surface area contributed by atoms with Gasteiger partial charge in [-0.2, -0.15) is 0 Å². The summed E-state index contributed by atoms with van der Waals surface area (Å²) in [7, 11) is 0. The summed E-state index contributed by atoms with van der Waals surface area (Å²) in [5, 5.41) is 2.92. The van der Waals surface area contributed by atoms with Crippen LogP contribution in [0.2, 0.25) is 0 Å². The Hall–Kier alpha value is -2.92. The minimum absolute atomic E-state index is 0.131. The van der Waals surface area contributed by atoms with E-state index in [2.05, 4.69) is 52.5 Å². The molecule has 0 saturated carbocycles. The van der Waals surface area contributed by atoms with Crippen molar-refractivity contribution in [2.24, 2.45) is 0 Å². The molecule has 0 fully saturated rings. The molecule has 0 aliphatic rings. The van der Waals surface area contributed by atoms with Crippen LogP contribution >= 0.6 is 0 Å². The molecule has 158 valence electrons. The summed E-state index contributed by atoms with van der Waals surface area (Å²) in [5.41, 5.74) is 3.02. The lowest BCUT2D eigenvalue weighted by Crippen LogP contribution is -2.26. The molecule has 5 heteroatoms. The predicted octanol–water partition coefficient (Wildman–Crippen LogP) is 5.07. The van der Waals surface area contributed by atoms with E-state index in [0.29, 0.717) is 12.3 Å². The fourth-order valence-electron chi connectivity index (χ4n) is 3.46. The van der Waals surface area contributed by atoms with Gasteiger partial charge in [-0.25, -0.2) is 4.98 Å². The van der Waals surface area contributed by atoms with Crippen molar-refractivity contribution in [3.63, 3.8) is 0 Å². The number of carbonyl (C=O) groups is 1. The SMILES string of the molecule is CCN(CCCCCNC(=O)c1nc(-c2ccccc2)c(C)o1)Cc1ccccc1. The molecule has 3 rings (SSSR count). The molecule has 0 spiro atoms. The van der Waals surface area contributed by atoms with Gasteiger partial charge in [-0.15, -0.1) is 0 Å². The van der Waals surface area contributed by atoms with E-state index in [1.165, 1.54) is 5.56 Å². The van der Waals surface area contributed by atoms with Crippen molar-refractivity contribution in [3.8, 4) is 11.3 Å². The average molecular weight is 406 g/mol. The summed E-state index contributed by atoms with van der Waals surface area (Å²) in [5.74, 6) is 0.537. The molecule has 1 heterocycles. The number of aromatic nitrogens is 1. The summed E-state index contributed by atoms with van der Waals surface area (Å²) in [4.78, 5) is 19.2. The molecule has 3 aromatic rings. The molecule has 30 heavy (non-hydrogen) atoms. The van der Waals surface area contributed by atoms with Crippen LogP contribution in [-0.2, 0) is 6.54 Å². The van der Waals surface area contributed by atoms with Crippen LogP contribution in [0.5, 0.6) is 0 Å². The number of hydrogen-bond acceptors (Lipinski definition) is 4. The highest BCUT2D eigenvalue weighted by Gasteiger charge is 2.17. The first-order chi connectivity index (χ1) is 14.7. The smallest absolute Gasteiger partial charge is 0.307 e.